The number of nitrogens with two attached hydrogens (primary N) is 1. The molecule has 0 amide bonds. The van der Waals surface area contributed by atoms with E-state index in [1.165, 1.54) is 16.9 Å². The van der Waals surface area contributed by atoms with Crippen molar-refractivity contribution < 1.29 is 18.7 Å². The van der Waals surface area contributed by atoms with Crippen LogP contribution in [-0.2, 0) is 29.5 Å². The summed E-state index contributed by atoms with van der Waals surface area (Å²) in [5.41, 5.74) is 11.3. The number of benzene rings is 1. The Morgan fingerprint density at radius 1 is 1.27 bits per heavy atom. The number of nitrogens with one attached hydrogen (secondary N) is 1. The van der Waals surface area contributed by atoms with Crippen LogP contribution < -0.4 is 15.8 Å². The summed E-state index contributed by atoms with van der Waals surface area (Å²) in [4.78, 5) is 18.6. The first-order valence-electron chi connectivity index (χ1n) is 13.8. The number of hydrogen-bond acceptors (Lipinski definition) is 9. The molecule has 3 aromatic heterocycles. The first-order valence-corrected chi connectivity index (χ1v) is 13.8. The molecule has 11 nitrogen and oxygen atoms in total. The van der Waals surface area contributed by atoms with E-state index in [9.17, 15) is 9.18 Å². The zero-order valence-corrected chi connectivity index (χ0v) is 23.9. The van der Waals surface area contributed by atoms with Gasteiger partial charge in [-0.3, -0.25) is 9.48 Å². The zero-order chi connectivity index (χ0) is 29.3. The van der Waals surface area contributed by atoms with E-state index in [1.54, 1.807) is 19.3 Å². The number of carbonyl (C=O) groups is 1. The van der Waals surface area contributed by atoms with Gasteiger partial charge in [0, 0.05) is 48.5 Å². The fourth-order valence-electron chi connectivity index (χ4n) is 4.98. The highest BCUT2D eigenvalue weighted by molar-refractivity contribution is 5.76. The van der Waals surface area contributed by atoms with Gasteiger partial charge in [0.15, 0.2) is 18.3 Å². The second-order valence-electron chi connectivity index (χ2n) is 10.3. The smallest absolute Gasteiger partial charge is 0.324 e. The molecule has 4 aromatic rings. The van der Waals surface area contributed by atoms with Crippen LogP contribution in [0.2, 0.25) is 0 Å². The van der Waals surface area contributed by atoms with E-state index in [2.05, 4.69) is 25.6 Å². The van der Waals surface area contributed by atoms with Gasteiger partial charge in [-0.2, -0.15) is 20.1 Å². The van der Waals surface area contributed by atoms with Gasteiger partial charge in [0.2, 0.25) is 0 Å². The van der Waals surface area contributed by atoms with Gasteiger partial charge in [0.05, 0.1) is 17.6 Å². The van der Waals surface area contributed by atoms with E-state index in [0.717, 1.165) is 34.5 Å². The number of aromatic nitrogens is 6. The summed E-state index contributed by atoms with van der Waals surface area (Å²) < 4.78 is 28.3. The van der Waals surface area contributed by atoms with Crippen molar-refractivity contribution in [2.24, 2.45) is 18.7 Å². The third-order valence-corrected chi connectivity index (χ3v) is 7.48. The number of ether oxygens (including phenoxy) is 2. The van der Waals surface area contributed by atoms with Gasteiger partial charge >= 0.3 is 5.97 Å². The molecule has 0 saturated heterocycles. The van der Waals surface area contributed by atoms with Crippen molar-refractivity contribution in [3.05, 3.63) is 59.3 Å². The molecule has 2 bridgehead atoms. The molecule has 216 valence electrons. The highest BCUT2D eigenvalue weighted by atomic mass is 19.1. The number of fused-ring (bicyclic) bond motifs is 7. The lowest BCUT2D eigenvalue weighted by Crippen LogP contribution is -2.38. The van der Waals surface area contributed by atoms with Crippen LogP contribution >= 0.6 is 0 Å². The molecule has 41 heavy (non-hydrogen) atoms. The summed E-state index contributed by atoms with van der Waals surface area (Å²) >= 11 is 0. The molecule has 1 aliphatic rings. The lowest BCUT2D eigenvalue weighted by Gasteiger charge is -2.22. The van der Waals surface area contributed by atoms with E-state index < -0.39 is 23.9 Å². The number of pyridine rings is 1. The van der Waals surface area contributed by atoms with Crippen LogP contribution in [-0.4, -0.2) is 48.5 Å². The highest BCUT2D eigenvalue weighted by Gasteiger charge is 2.26. The number of aryl methyl sites for hydroxylation is 2. The molecule has 1 aliphatic heterocycles. The number of nitrogens with zero attached hydrogens (tertiary/aromatic N) is 6. The number of esters is 1. The van der Waals surface area contributed by atoms with E-state index >= 15 is 0 Å². The summed E-state index contributed by atoms with van der Waals surface area (Å²) in [6, 6.07) is 5.71. The molecule has 3 atom stereocenters. The van der Waals surface area contributed by atoms with Crippen LogP contribution in [0.3, 0.4) is 0 Å². The highest BCUT2D eigenvalue weighted by Crippen LogP contribution is 2.38. The maximum absolute atomic E-state index is 14.5. The van der Waals surface area contributed by atoms with E-state index in [0.29, 0.717) is 35.8 Å². The molecule has 0 spiro atoms. The molecule has 0 saturated carbocycles. The predicted octanol–water partition coefficient (Wildman–Crippen LogP) is 4.23. The second kappa shape index (κ2) is 11.7. The largest absolute Gasteiger partial charge is 0.482 e. The number of anilines is 1. The van der Waals surface area contributed by atoms with Crippen LogP contribution in [0.5, 0.6) is 5.75 Å². The third kappa shape index (κ3) is 5.64. The summed E-state index contributed by atoms with van der Waals surface area (Å²) in [6.45, 7) is 8.22. The normalized spacial score (nSPS) is 15.7. The lowest BCUT2D eigenvalue weighted by molar-refractivity contribution is -0.145. The zero-order valence-electron chi connectivity index (χ0n) is 23.9. The standard InChI is InChI=1S/C29H35FN8O3/c1-6-16(3)25(31)29(39)40-15-33-28-24-11-19(13-32-28)27-18(14-34-38(27)7-2)10-23-26(36-37(5)35-23)21-9-8-20(30)12-22(21)17(4)41-24/h8-9,11-14,16-17,25H,6-7,10,15,31H2,1-5H3,(H,32,33)/t16?,17-,25?/m1/s1. The average molecular weight is 563 g/mol. The molecule has 2 unspecified atom stereocenters. The third-order valence-electron chi connectivity index (χ3n) is 7.48. The monoisotopic (exact) mass is 562 g/mol. The molecule has 12 heteroatoms. The Bertz CT molecular complexity index is 1570. The lowest BCUT2D eigenvalue weighted by atomic mass is 9.96. The summed E-state index contributed by atoms with van der Waals surface area (Å²) in [7, 11) is 1.76. The van der Waals surface area contributed by atoms with E-state index in [4.69, 9.17) is 15.2 Å². The maximum Gasteiger partial charge on any atom is 0.324 e. The molecule has 1 aromatic carbocycles. The number of carbonyl (C=O) groups excluding carboxylic acids is 1. The fourth-order valence-corrected chi connectivity index (χ4v) is 4.98. The minimum absolute atomic E-state index is 0.00823. The fraction of sp³-hybridized carbons (Fsp3) is 0.414. The minimum Gasteiger partial charge on any atom is -0.482 e. The van der Waals surface area contributed by atoms with E-state index in [-0.39, 0.29) is 12.6 Å². The average Bonchev–Trinajstić information content (AvgIpc) is 3.54. The summed E-state index contributed by atoms with van der Waals surface area (Å²) in [5.74, 6) is -0.127. The molecular formula is C29H35FN8O3. The predicted molar refractivity (Wildman–Crippen MR) is 151 cm³/mol. The molecule has 0 radical (unpaired) electrons. The van der Waals surface area contributed by atoms with Crippen molar-refractivity contribution in [1.82, 2.24) is 29.8 Å². The number of hydrogen-bond donors (Lipinski definition) is 2. The van der Waals surface area contributed by atoms with Crippen molar-refractivity contribution in [3.8, 4) is 28.3 Å². The SMILES string of the molecule is CCC(C)C(N)C(=O)OCNc1ncc2cc1O[C@H](C)c1cc(F)ccc1-c1nn(C)nc1Cc1cnn(CC)c1-2. The Labute approximate surface area is 237 Å². The van der Waals surface area contributed by atoms with Gasteiger partial charge in [0.25, 0.3) is 0 Å². The Hall–Kier alpha value is -4.32. The Morgan fingerprint density at radius 3 is 2.83 bits per heavy atom. The van der Waals surface area contributed by atoms with E-state index in [1.807, 2.05) is 44.6 Å². The van der Waals surface area contributed by atoms with Gasteiger partial charge in [-0.15, -0.1) is 0 Å². The molecule has 0 fully saturated rings. The van der Waals surface area contributed by atoms with Crippen LogP contribution in [0, 0.1) is 11.7 Å². The van der Waals surface area contributed by atoms with Crippen molar-refractivity contribution >= 4 is 11.8 Å². The Balaban J connectivity index is 1.57. The summed E-state index contributed by atoms with van der Waals surface area (Å²) in [6.07, 6.45) is 4.17. The van der Waals surface area contributed by atoms with Crippen molar-refractivity contribution in [1.29, 1.82) is 0 Å². The topological polar surface area (TPSA) is 135 Å². The maximum atomic E-state index is 14.5. The Kier molecular flexibility index (Phi) is 8.02. The van der Waals surface area contributed by atoms with Gasteiger partial charge in [-0.05, 0) is 44.0 Å². The molecule has 4 heterocycles. The number of rotatable bonds is 7. The molecule has 0 aliphatic carbocycles. The molecular weight excluding hydrogens is 527 g/mol. The first kappa shape index (κ1) is 28.2. The van der Waals surface area contributed by atoms with Crippen molar-refractivity contribution in [2.75, 3.05) is 12.0 Å². The summed E-state index contributed by atoms with van der Waals surface area (Å²) in [5, 5.41) is 16.9. The van der Waals surface area contributed by atoms with Crippen LogP contribution in [0.1, 0.15) is 57.0 Å². The molecule has 5 rings (SSSR count). The van der Waals surface area contributed by atoms with Crippen LogP contribution in [0.4, 0.5) is 10.2 Å². The first-order chi connectivity index (χ1) is 19.7. The quantitative estimate of drug-likeness (QED) is 0.251. The van der Waals surface area contributed by atoms with Crippen LogP contribution in [0.25, 0.3) is 22.5 Å². The molecule has 3 N–H and O–H groups in total. The van der Waals surface area contributed by atoms with Crippen LogP contribution in [0.15, 0.2) is 36.7 Å². The number of halogens is 1. The van der Waals surface area contributed by atoms with Crippen molar-refractivity contribution in [2.45, 2.75) is 59.2 Å². The Morgan fingerprint density at radius 2 is 2.07 bits per heavy atom. The van der Waals surface area contributed by atoms with Gasteiger partial charge in [0.1, 0.15) is 23.7 Å². The van der Waals surface area contributed by atoms with Gasteiger partial charge in [-0.1, -0.05) is 20.3 Å². The second-order valence-corrected chi connectivity index (χ2v) is 10.3. The van der Waals surface area contributed by atoms with Crippen molar-refractivity contribution in [3.63, 3.8) is 0 Å². The van der Waals surface area contributed by atoms with Gasteiger partial charge in [-0.25, -0.2) is 9.37 Å². The minimum atomic E-state index is -0.719. The van der Waals surface area contributed by atoms with Gasteiger partial charge < -0.3 is 20.5 Å².